The summed E-state index contributed by atoms with van der Waals surface area (Å²) in [5, 5.41) is 2.71. The third-order valence-corrected chi connectivity index (χ3v) is 7.69. The second-order valence-corrected chi connectivity index (χ2v) is 10.3. The Morgan fingerprint density at radius 1 is 1.03 bits per heavy atom. The van der Waals surface area contributed by atoms with E-state index in [1.54, 1.807) is 18.2 Å². The highest BCUT2D eigenvalue weighted by Gasteiger charge is 2.36. The van der Waals surface area contributed by atoms with E-state index in [0.717, 1.165) is 16.7 Å². The highest BCUT2D eigenvalue weighted by atomic mass is 32.2. The van der Waals surface area contributed by atoms with Gasteiger partial charge in [-0.05, 0) is 68.7 Å². The number of aryl methyl sites for hydroxylation is 2. The maximum atomic E-state index is 13.4. The molecular weight excluding hydrogens is 452 g/mol. The van der Waals surface area contributed by atoms with Crippen molar-refractivity contribution in [3.8, 4) is 0 Å². The van der Waals surface area contributed by atoms with Crippen molar-refractivity contribution < 1.29 is 22.7 Å². The molecule has 7 nitrogen and oxygen atoms in total. The van der Waals surface area contributed by atoms with Crippen molar-refractivity contribution in [3.63, 3.8) is 0 Å². The Labute approximate surface area is 199 Å². The zero-order valence-corrected chi connectivity index (χ0v) is 20.1. The van der Waals surface area contributed by atoms with Gasteiger partial charge in [-0.25, -0.2) is 13.2 Å². The lowest BCUT2D eigenvalue weighted by Gasteiger charge is -2.24. The number of sulfonamides is 1. The van der Waals surface area contributed by atoms with E-state index in [4.69, 9.17) is 4.74 Å². The SMILES string of the molecule is Cc1ccc(NC(=O)COC(=O)c2cccc(S(=O)(=O)N3c4ccccc4C[C@@H]3C)c2)c(C)c1. The number of hydrogen-bond acceptors (Lipinski definition) is 5. The minimum Gasteiger partial charge on any atom is -0.452 e. The van der Waals surface area contributed by atoms with E-state index < -0.39 is 28.5 Å². The van der Waals surface area contributed by atoms with Crippen LogP contribution < -0.4 is 9.62 Å². The molecule has 3 aromatic carbocycles. The Bertz CT molecular complexity index is 1370. The van der Waals surface area contributed by atoms with Gasteiger partial charge in [-0.15, -0.1) is 0 Å². The van der Waals surface area contributed by atoms with E-state index in [1.165, 1.54) is 28.6 Å². The molecule has 176 valence electrons. The number of nitrogens with one attached hydrogen (secondary N) is 1. The van der Waals surface area contributed by atoms with Gasteiger partial charge in [0.05, 0.1) is 16.1 Å². The minimum absolute atomic E-state index is 0.00904. The summed E-state index contributed by atoms with van der Waals surface area (Å²) in [6.07, 6.45) is 0.618. The van der Waals surface area contributed by atoms with Crippen LogP contribution in [0.25, 0.3) is 0 Å². The van der Waals surface area contributed by atoms with Gasteiger partial charge in [0.15, 0.2) is 6.61 Å². The zero-order chi connectivity index (χ0) is 24.5. The molecule has 1 atom stereocenters. The first-order chi connectivity index (χ1) is 16.2. The average Bonchev–Trinajstić information content (AvgIpc) is 3.16. The van der Waals surface area contributed by atoms with Crippen LogP contribution in [0.1, 0.15) is 34.0 Å². The number of para-hydroxylation sites is 1. The monoisotopic (exact) mass is 478 g/mol. The number of ether oxygens (including phenoxy) is 1. The Kier molecular flexibility index (Phi) is 6.43. The van der Waals surface area contributed by atoms with Gasteiger partial charge < -0.3 is 10.1 Å². The molecule has 0 fully saturated rings. The molecule has 1 aliphatic heterocycles. The third-order valence-electron chi connectivity index (χ3n) is 5.76. The van der Waals surface area contributed by atoms with E-state index in [0.29, 0.717) is 17.8 Å². The highest BCUT2D eigenvalue weighted by Crippen LogP contribution is 2.36. The lowest BCUT2D eigenvalue weighted by atomic mass is 10.1. The summed E-state index contributed by atoms with van der Waals surface area (Å²) in [6, 6.07) is 18.4. The average molecular weight is 479 g/mol. The number of anilines is 2. The van der Waals surface area contributed by atoms with E-state index in [2.05, 4.69) is 5.32 Å². The van der Waals surface area contributed by atoms with Crippen LogP contribution in [0.2, 0.25) is 0 Å². The van der Waals surface area contributed by atoms with E-state index in [1.807, 2.05) is 45.0 Å². The fourth-order valence-electron chi connectivity index (χ4n) is 4.16. The second-order valence-electron chi connectivity index (χ2n) is 8.45. The number of hydrogen-bond donors (Lipinski definition) is 1. The van der Waals surface area contributed by atoms with Gasteiger partial charge in [-0.1, -0.05) is 42.0 Å². The van der Waals surface area contributed by atoms with Gasteiger partial charge in [0.25, 0.3) is 15.9 Å². The molecule has 1 aliphatic rings. The maximum Gasteiger partial charge on any atom is 0.338 e. The van der Waals surface area contributed by atoms with Crippen molar-refractivity contribution in [3.05, 3.63) is 89.0 Å². The van der Waals surface area contributed by atoms with Crippen LogP contribution in [-0.4, -0.2) is 32.9 Å². The van der Waals surface area contributed by atoms with Crippen molar-refractivity contribution in [2.45, 2.75) is 38.1 Å². The molecule has 0 spiro atoms. The predicted octanol–water partition coefficient (Wildman–Crippen LogP) is 4.24. The molecule has 34 heavy (non-hydrogen) atoms. The Morgan fingerprint density at radius 3 is 2.56 bits per heavy atom. The molecular formula is C26H26N2O5S. The fraction of sp³-hybridized carbons (Fsp3) is 0.231. The van der Waals surface area contributed by atoms with Gasteiger partial charge >= 0.3 is 5.97 Å². The summed E-state index contributed by atoms with van der Waals surface area (Å²) >= 11 is 0. The Hall–Kier alpha value is -3.65. The molecule has 0 bridgehead atoms. The van der Waals surface area contributed by atoms with Crippen molar-refractivity contribution in [1.29, 1.82) is 0 Å². The molecule has 0 radical (unpaired) electrons. The molecule has 0 aliphatic carbocycles. The Balaban J connectivity index is 1.47. The van der Waals surface area contributed by atoms with Crippen LogP contribution in [0.15, 0.2) is 71.6 Å². The Morgan fingerprint density at radius 2 is 1.79 bits per heavy atom. The second kappa shape index (κ2) is 9.30. The molecule has 0 saturated heterocycles. The summed E-state index contributed by atoms with van der Waals surface area (Å²) in [5.41, 5.74) is 4.27. The molecule has 1 heterocycles. The summed E-state index contributed by atoms with van der Waals surface area (Å²) in [6.45, 7) is 5.20. The molecule has 4 rings (SSSR count). The van der Waals surface area contributed by atoms with Crippen LogP contribution in [0.5, 0.6) is 0 Å². The van der Waals surface area contributed by atoms with Gasteiger partial charge in [-0.2, -0.15) is 0 Å². The van der Waals surface area contributed by atoms with Crippen molar-refractivity contribution >= 4 is 33.3 Å². The normalized spacial score (nSPS) is 15.0. The number of esters is 1. The van der Waals surface area contributed by atoms with Gasteiger partial charge in [0.1, 0.15) is 0 Å². The maximum absolute atomic E-state index is 13.4. The highest BCUT2D eigenvalue weighted by molar-refractivity contribution is 7.92. The lowest BCUT2D eigenvalue weighted by Crippen LogP contribution is -2.35. The molecule has 1 amide bonds. The largest absolute Gasteiger partial charge is 0.452 e. The van der Waals surface area contributed by atoms with E-state index in [9.17, 15) is 18.0 Å². The molecule has 3 aromatic rings. The van der Waals surface area contributed by atoms with Crippen molar-refractivity contribution in [2.75, 3.05) is 16.2 Å². The molecule has 0 aromatic heterocycles. The number of carbonyl (C=O) groups is 2. The molecule has 0 saturated carbocycles. The molecule has 1 N–H and O–H groups in total. The van der Waals surface area contributed by atoms with Crippen LogP contribution in [0.3, 0.4) is 0 Å². The first-order valence-electron chi connectivity index (χ1n) is 10.9. The zero-order valence-electron chi connectivity index (χ0n) is 19.2. The summed E-state index contributed by atoms with van der Waals surface area (Å²) in [7, 11) is -3.89. The van der Waals surface area contributed by atoms with E-state index in [-0.39, 0.29) is 16.5 Å². The topological polar surface area (TPSA) is 92.8 Å². The molecule has 0 unspecified atom stereocenters. The van der Waals surface area contributed by atoms with Gasteiger partial charge in [-0.3, -0.25) is 9.10 Å². The quantitative estimate of drug-likeness (QED) is 0.535. The smallest absolute Gasteiger partial charge is 0.338 e. The third kappa shape index (κ3) is 4.68. The fourth-order valence-corrected chi connectivity index (χ4v) is 5.89. The van der Waals surface area contributed by atoms with Crippen LogP contribution in [-0.2, 0) is 26.0 Å². The van der Waals surface area contributed by atoms with Crippen molar-refractivity contribution in [1.82, 2.24) is 0 Å². The van der Waals surface area contributed by atoms with Crippen LogP contribution in [0, 0.1) is 13.8 Å². The first-order valence-corrected chi connectivity index (χ1v) is 12.4. The van der Waals surface area contributed by atoms with Crippen LogP contribution in [0.4, 0.5) is 11.4 Å². The number of rotatable bonds is 6. The van der Waals surface area contributed by atoms with Gasteiger partial charge in [0, 0.05) is 11.7 Å². The summed E-state index contributed by atoms with van der Waals surface area (Å²) in [5.74, 6) is -1.26. The molecule has 8 heteroatoms. The standard InChI is InChI=1S/C26H26N2O5S/c1-17-11-12-23(18(2)13-17)27-25(29)16-33-26(30)21-8-6-9-22(15-21)34(31,32)28-19(3)14-20-7-4-5-10-24(20)28/h4-13,15,19H,14,16H2,1-3H3,(H,27,29)/t19-/m0/s1. The number of fused-ring (bicyclic) bond motifs is 1. The lowest BCUT2D eigenvalue weighted by molar-refractivity contribution is -0.119. The number of nitrogens with zero attached hydrogens (tertiary/aromatic N) is 1. The van der Waals surface area contributed by atoms with E-state index >= 15 is 0 Å². The number of amides is 1. The summed E-state index contributed by atoms with van der Waals surface area (Å²) < 4.78 is 33.4. The predicted molar refractivity (Wildman–Crippen MR) is 131 cm³/mol. The first kappa shape index (κ1) is 23.5. The number of carbonyl (C=O) groups excluding carboxylic acids is 2. The van der Waals surface area contributed by atoms with Crippen molar-refractivity contribution in [2.24, 2.45) is 0 Å². The summed E-state index contributed by atoms with van der Waals surface area (Å²) in [4.78, 5) is 24.8. The number of benzene rings is 3. The van der Waals surface area contributed by atoms with Crippen LogP contribution >= 0.6 is 0 Å². The minimum atomic E-state index is -3.89. The van der Waals surface area contributed by atoms with Gasteiger partial charge in [0.2, 0.25) is 0 Å².